The van der Waals surface area contributed by atoms with Crippen LogP contribution in [-0.4, -0.2) is 40.9 Å². The summed E-state index contributed by atoms with van der Waals surface area (Å²) in [7, 11) is 0. The van der Waals surface area contributed by atoms with Gasteiger partial charge in [0, 0.05) is 56.2 Å². The summed E-state index contributed by atoms with van der Waals surface area (Å²) in [5.41, 5.74) is 3.52. The minimum absolute atomic E-state index is 0.0153. The Morgan fingerprint density at radius 2 is 1.81 bits per heavy atom. The molecule has 0 bridgehead atoms. The van der Waals surface area contributed by atoms with Crippen molar-refractivity contribution in [1.82, 2.24) is 14.8 Å². The van der Waals surface area contributed by atoms with E-state index in [-0.39, 0.29) is 11.7 Å². The number of carbonyl (C=O) groups excluding carboxylic acids is 1. The molecule has 6 heteroatoms. The van der Waals surface area contributed by atoms with E-state index in [1.54, 1.807) is 0 Å². The third kappa shape index (κ3) is 5.66. The van der Waals surface area contributed by atoms with Crippen LogP contribution < -0.4 is 5.32 Å². The van der Waals surface area contributed by atoms with Crippen LogP contribution in [0.2, 0.25) is 0 Å². The van der Waals surface area contributed by atoms with Gasteiger partial charge in [-0.1, -0.05) is 24.3 Å². The number of aromatic nitrogens is 1. The summed E-state index contributed by atoms with van der Waals surface area (Å²) in [4.78, 5) is 14.2. The van der Waals surface area contributed by atoms with Crippen LogP contribution in [0.15, 0.2) is 54.7 Å². The third-order valence-corrected chi connectivity index (χ3v) is 6.37. The molecule has 31 heavy (non-hydrogen) atoms. The first-order valence-electron chi connectivity index (χ1n) is 11.0. The van der Waals surface area contributed by atoms with Crippen LogP contribution in [-0.2, 0) is 17.8 Å². The van der Waals surface area contributed by atoms with Gasteiger partial charge in [-0.3, -0.25) is 4.79 Å². The minimum Gasteiger partial charge on any atom is -0.352 e. The maximum Gasteiger partial charge on any atom is 0.221 e. The van der Waals surface area contributed by atoms with Crippen molar-refractivity contribution in [2.45, 2.75) is 38.3 Å². The first-order valence-corrected chi connectivity index (χ1v) is 11.5. The van der Waals surface area contributed by atoms with Gasteiger partial charge in [-0.2, -0.15) is 0 Å². The zero-order chi connectivity index (χ0) is 21.6. The standard InChI is InChI=1S/C25H29ClFN3O/c26-12-7-25(31)28-18-20-1-4-21-9-16-30(24(21)17-20)23-10-14-29(15-11-23)13-8-19-2-5-22(27)6-3-19/h1-6,9,16-17,23H,7-8,10-15,18H2,(H,28,31). The molecule has 1 aromatic heterocycles. The molecule has 0 spiro atoms. The van der Waals surface area contributed by atoms with E-state index in [1.165, 1.54) is 28.6 Å². The van der Waals surface area contributed by atoms with Crippen LogP contribution in [0.3, 0.4) is 0 Å². The minimum atomic E-state index is -0.177. The highest BCUT2D eigenvalue weighted by Crippen LogP contribution is 2.28. The quantitative estimate of drug-likeness (QED) is 0.504. The normalized spacial score (nSPS) is 15.4. The number of piperidine rings is 1. The second kappa shape index (κ2) is 10.3. The number of alkyl halides is 1. The average molecular weight is 442 g/mol. The fourth-order valence-electron chi connectivity index (χ4n) is 4.36. The maximum atomic E-state index is 13.1. The van der Waals surface area contributed by atoms with Crippen molar-refractivity contribution in [2.24, 2.45) is 0 Å². The van der Waals surface area contributed by atoms with Crippen molar-refractivity contribution < 1.29 is 9.18 Å². The molecule has 4 nitrogen and oxygen atoms in total. The van der Waals surface area contributed by atoms with E-state index in [0.29, 0.717) is 24.9 Å². The number of rotatable bonds is 8. The number of amides is 1. The van der Waals surface area contributed by atoms with Crippen molar-refractivity contribution in [3.63, 3.8) is 0 Å². The number of nitrogens with zero attached hydrogens (tertiary/aromatic N) is 2. The molecule has 0 aliphatic carbocycles. The molecule has 2 aromatic carbocycles. The molecule has 1 N–H and O–H groups in total. The Balaban J connectivity index is 1.34. The molecule has 2 heterocycles. The van der Waals surface area contributed by atoms with Crippen LogP contribution in [0.5, 0.6) is 0 Å². The smallest absolute Gasteiger partial charge is 0.221 e. The summed E-state index contributed by atoms with van der Waals surface area (Å²) in [6.45, 7) is 3.68. The van der Waals surface area contributed by atoms with Gasteiger partial charge in [0.25, 0.3) is 0 Å². The highest BCUT2D eigenvalue weighted by molar-refractivity contribution is 6.18. The topological polar surface area (TPSA) is 37.3 Å². The van der Waals surface area contributed by atoms with Gasteiger partial charge in [0.1, 0.15) is 5.82 Å². The molecule has 1 saturated heterocycles. The van der Waals surface area contributed by atoms with Crippen molar-refractivity contribution in [1.29, 1.82) is 0 Å². The third-order valence-electron chi connectivity index (χ3n) is 6.18. The van der Waals surface area contributed by atoms with Crippen LogP contribution in [0.1, 0.15) is 36.4 Å². The molecular formula is C25H29ClFN3O. The number of carbonyl (C=O) groups is 1. The molecular weight excluding hydrogens is 413 g/mol. The fraction of sp³-hybridized carbons (Fsp3) is 0.400. The predicted molar refractivity (Wildman–Crippen MR) is 124 cm³/mol. The Hall–Kier alpha value is -2.37. The number of hydrogen-bond acceptors (Lipinski definition) is 2. The largest absolute Gasteiger partial charge is 0.352 e. The van der Waals surface area contributed by atoms with Crippen molar-refractivity contribution in [3.8, 4) is 0 Å². The Morgan fingerprint density at radius 3 is 2.55 bits per heavy atom. The average Bonchev–Trinajstić information content (AvgIpc) is 3.21. The van der Waals surface area contributed by atoms with Gasteiger partial charge in [0.2, 0.25) is 5.91 Å². The van der Waals surface area contributed by atoms with Crippen LogP contribution in [0.25, 0.3) is 10.9 Å². The Morgan fingerprint density at radius 1 is 1.06 bits per heavy atom. The molecule has 1 aliphatic rings. The van der Waals surface area contributed by atoms with Gasteiger partial charge < -0.3 is 14.8 Å². The molecule has 1 fully saturated rings. The lowest BCUT2D eigenvalue weighted by molar-refractivity contribution is -0.120. The van der Waals surface area contributed by atoms with E-state index in [0.717, 1.165) is 44.5 Å². The van der Waals surface area contributed by atoms with Crippen LogP contribution in [0, 0.1) is 5.82 Å². The first kappa shape index (κ1) is 21.8. The molecule has 0 atom stereocenters. The van der Waals surface area contributed by atoms with Crippen molar-refractivity contribution in [2.75, 3.05) is 25.5 Å². The van der Waals surface area contributed by atoms with Gasteiger partial charge in [-0.05, 0) is 60.0 Å². The SMILES string of the molecule is O=C(CCCl)NCc1ccc2ccn(C3CCN(CCc4ccc(F)cc4)CC3)c2c1. The molecule has 3 aromatic rings. The van der Waals surface area contributed by atoms with E-state index in [1.807, 2.05) is 12.1 Å². The van der Waals surface area contributed by atoms with Crippen molar-refractivity contribution >= 4 is 28.4 Å². The highest BCUT2D eigenvalue weighted by Gasteiger charge is 2.21. The molecule has 164 valence electrons. The summed E-state index contributed by atoms with van der Waals surface area (Å²) >= 11 is 5.63. The molecule has 0 unspecified atom stereocenters. The van der Waals surface area contributed by atoms with Crippen LogP contribution in [0.4, 0.5) is 4.39 Å². The fourth-order valence-corrected chi connectivity index (χ4v) is 4.53. The van der Waals surface area contributed by atoms with E-state index in [4.69, 9.17) is 11.6 Å². The summed E-state index contributed by atoms with van der Waals surface area (Å²) in [6, 6.07) is 15.9. The van der Waals surface area contributed by atoms with Gasteiger partial charge in [-0.25, -0.2) is 4.39 Å². The second-order valence-corrected chi connectivity index (χ2v) is 8.66. The molecule has 0 saturated carbocycles. The van der Waals surface area contributed by atoms with E-state index in [9.17, 15) is 9.18 Å². The molecule has 0 radical (unpaired) electrons. The molecule has 1 aliphatic heterocycles. The summed E-state index contributed by atoms with van der Waals surface area (Å²) in [6.07, 6.45) is 5.73. The van der Waals surface area contributed by atoms with Gasteiger partial charge in [0.05, 0.1) is 0 Å². The zero-order valence-corrected chi connectivity index (χ0v) is 18.5. The summed E-state index contributed by atoms with van der Waals surface area (Å²) < 4.78 is 15.5. The summed E-state index contributed by atoms with van der Waals surface area (Å²) in [5, 5.41) is 4.16. The molecule has 4 rings (SSSR count). The van der Waals surface area contributed by atoms with Crippen molar-refractivity contribution in [3.05, 3.63) is 71.7 Å². The number of nitrogens with one attached hydrogen (secondary N) is 1. The number of fused-ring (bicyclic) bond motifs is 1. The Kier molecular flexibility index (Phi) is 7.25. The number of benzene rings is 2. The van der Waals surface area contributed by atoms with Gasteiger partial charge >= 0.3 is 0 Å². The maximum absolute atomic E-state index is 13.1. The highest BCUT2D eigenvalue weighted by atomic mass is 35.5. The first-order chi connectivity index (χ1) is 15.1. The zero-order valence-electron chi connectivity index (χ0n) is 17.7. The van der Waals surface area contributed by atoms with Crippen LogP contribution >= 0.6 is 11.6 Å². The number of likely N-dealkylation sites (tertiary alicyclic amines) is 1. The molecule has 1 amide bonds. The Labute approximate surface area is 188 Å². The van der Waals surface area contributed by atoms with Gasteiger partial charge in [-0.15, -0.1) is 11.6 Å². The predicted octanol–water partition coefficient (Wildman–Crippen LogP) is 4.91. The van der Waals surface area contributed by atoms with E-state index in [2.05, 4.69) is 45.2 Å². The second-order valence-electron chi connectivity index (χ2n) is 8.28. The number of hydrogen-bond donors (Lipinski definition) is 1. The van der Waals surface area contributed by atoms with E-state index < -0.39 is 0 Å². The van der Waals surface area contributed by atoms with Gasteiger partial charge in [0.15, 0.2) is 0 Å². The Bertz CT molecular complexity index is 1010. The summed E-state index contributed by atoms with van der Waals surface area (Å²) in [5.74, 6) is 0.152. The van der Waals surface area contributed by atoms with E-state index >= 15 is 0 Å². The monoisotopic (exact) mass is 441 g/mol. The lowest BCUT2D eigenvalue weighted by Crippen LogP contribution is -2.35. The lowest BCUT2D eigenvalue weighted by Gasteiger charge is -2.33. The lowest BCUT2D eigenvalue weighted by atomic mass is 10.0. The number of halogens is 2.